The average Bonchev–Trinajstić information content (AvgIpc) is 2.18. The lowest BCUT2D eigenvalue weighted by Crippen LogP contribution is -2.22. The molecule has 1 aromatic rings. The minimum absolute atomic E-state index is 0.0104. The third kappa shape index (κ3) is 2.11. The maximum Gasteiger partial charge on any atom is 0.128 e. The molecule has 2 N–H and O–H groups in total. The average molecular weight is 198 g/mol. The zero-order valence-corrected chi connectivity index (χ0v) is 8.42. The van der Waals surface area contributed by atoms with E-state index in [1.54, 1.807) is 12.1 Å². The summed E-state index contributed by atoms with van der Waals surface area (Å²) in [5, 5.41) is 18.0. The van der Waals surface area contributed by atoms with Gasteiger partial charge >= 0.3 is 0 Å². The highest BCUT2D eigenvalue weighted by Crippen LogP contribution is 2.24. The van der Waals surface area contributed by atoms with Gasteiger partial charge < -0.3 is 10.2 Å². The van der Waals surface area contributed by atoms with Crippen LogP contribution in [0.3, 0.4) is 0 Å². The molecule has 0 aliphatic carbocycles. The summed E-state index contributed by atoms with van der Waals surface area (Å²) in [5.41, 5.74) is 0.687. The van der Waals surface area contributed by atoms with E-state index < -0.39 is 11.2 Å². The molecule has 0 bridgehead atoms. The fourth-order valence-corrected chi connectivity index (χ4v) is 1.21. The molecule has 3 heteroatoms. The standard InChI is InChI=1S/C11H15FO2/c1-11(2,7-14)9-3-4-10(12)8(5-9)6-13/h3-5,13-14H,6-7H2,1-2H3. The molecule has 14 heavy (non-hydrogen) atoms. The van der Waals surface area contributed by atoms with E-state index in [1.807, 2.05) is 13.8 Å². The molecule has 78 valence electrons. The first kappa shape index (κ1) is 11.1. The van der Waals surface area contributed by atoms with E-state index in [9.17, 15) is 4.39 Å². The molecule has 0 aliphatic heterocycles. The topological polar surface area (TPSA) is 40.5 Å². The van der Waals surface area contributed by atoms with E-state index in [0.717, 1.165) is 5.56 Å². The van der Waals surface area contributed by atoms with Gasteiger partial charge in [-0.1, -0.05) is 19.9 Å². The van der Waals surface area contributed by atoms with E-state index >= 15 is 0 Å². The third-order valence-electron chi connectivity index (χ3n) is 2.39. The Labute approximate surface area is 83.0 Å². The molecule has 0 radical (unpaired) electrons. The molecule has 0 spiro atoms. The van der Waals surface area contributed by atoms with Crippen molar-refractivity contribution in [1.29, 1.82) is 0 Å². The van der Waals surface area contributed by atoms with E-state index in [1.165, 1.54) is 6.07 Å². The first-order valence-electron chi connectivity index (χ1n) is 4.52. The lowest BCUT2D eigenvalue weighted by molar-refractivity contribution is 0.218. The molecule has 1 rings (SSSR count). The number of halogens is 1. The first-order chi connectivity index (χ1) is 6.51. The molecule has 0 aromatic heterocycles. The van der Waals surface area contributed by atoms with Crippen LogP contribution in [0.4, 0.5) is 4.39 Å². The molecule has 0 aliphatic rings. The molecule has 0 saturated carbocycles. The van der Waals surface area contributed by atoms with E-state index in [2.05, 4.69) is 0 Å². The number of aliphatic hydroxyl groups excluding tert-OH is 2. The van der Waals surface area contributed by atoms with E-state index in [4.69, 9.17) is 10.2 Å². The minimum Gasteiger partial charge on any atom is -0.395 e. The fourth-order valence-electron chi connectivity index (χ4n) is 1.21. The van der Waals surface area contributed by atoms with Crippen LogP contribution in [0.25, 0.3) is 0 Å². The number of hydrogen-bond acceptors (Lipinski definition) is 2. The van der Waals surface area contributed by atoms with E-state index in [0.29, 0.717) is 0 Å². The Bertz CT molecular complexity index is 321. The van der Waals surface area contributed by atoms with Crippen molar-refractivity contribution in [3.8, 4) is 0 Å². The highest BCUT2D eigenvalue weighted by Gasteiger charge is 2.20. The lowest BCUT2D eigenvalue weighted by Gasteiger charge is -2.22. The van der Waals surface area contributed by atoms with Crippen molar-refractivity contribution in [2.45, 2.75) is 25.9 Å². The van der Waals surface area contributed by atoms with Crippen molar-refractivity contribution >= 4 is 0 Å². The summed E-state index contributed by atoms with van der Waals surface area (Å²) < 4.78 is 13.0. The summed E-state index contributed by atoms with van der Waals surface area (Å²) in [6, 6.07) is 4.54. The Kier molecular flexibility index (Phi) is 3.24. The predicted octanol–water partition coefficient (Wildman–Crippen LogP) is 1.59. The second-order valence-electron chi connectivity index (χ2n) is 4.01. The second-order valence-corrected chi connectivity index (χ2v) is 4.01. The zero-order valence-electron chi connectivity index (χ0n) is 8.42. The van der Waals surface area contributed by atoms with Crippen LogP contribution in [0.5, 0.6) is 0 Å². The van der Waals surface area contributed by atoms with Gasteiger partial charge in [0, 0.05) is 11.0 Å². The van der Waals surface area contributed by atoms with Crippen molar-refractivity contribution in [3.63, 3.8) is 0 Å². The lowest BCUT2D eigenvalue weighted by atomic mass is 9.85. The molecule has 0 fully saturated rings. The van der Waals surface area contributed by atoms with Gasteiger partial charge in [-0.2, -0.15) is 0 Å². The SMILES string of the molecule is CC(C)(CO)c1ccc(F)c(CO)c1. The van der Waals surface area contributed by atoms with E-state index in [-0.39, 0.29) is 18.8 Å². The predicted molar refractivity (Wildman–Crippen MR) is 52.4 cm³/mol. The number of rotatable bonds is 3. The van der Waals surface area contributed by atoms with Crippen LogP contribution < -0.4 is 0 Å². The van der Waals surface area contributed by atoms with Gasteiger partial charge in [0.25, 0.3) is 0 Å². The van der Waals surface area contributed by atoms with Crippen molar-refractivity contribution < 1.29 is 14.6 Å². The molecule has 0 unspecified atom stereocenters. The Morgan fingerprint density at radius 2 is 1.93 bits per heavy atom. The molecule has 1 aromatic carbocycles. The van der Waals surface area contributed by atoms with Crippen LogP contribution in [0, 0.1) is 5.82 Å². The van der Waals surface area contributed by atoms with Gasteiger partial charge in [0.05, 0.1) is 13.2 Å². The van der Waals surface area contributed by atoms with Gasteiger partial charge in [-0.15, -0.1) is 0 Å². The van der Waals surface area contributed by atoms with Crippen LogP contribution >= 0.6 is 0 Å². The first-order valence-corrected chi connectivity index (χ1v) is 4.52. The van der Waals surface area contributed by atoms with Crippen LogP contribution in [0.15, 0.2) is 18.2 Å². The van der Waals surface area contributed by atoms with Crippen molar-refractivity contribution in [2.75, 3.05) is 6.61 Å². The van der Waals surface area contributed by atoms with Gasteiger partial charge in [-0.25, -0.2) is 4.39 Å². The molecular formula is C11H15FO2. The molecule has 0 saturated heterocycles. The number of aliphatic hydroxyl groups is 2. The van der Waals surface area contributed by atoms with Crippen molar-refractivity contribution in [1.82, 2.24) is 0 Å². The van der Waals surface area contributed by atoms with Crippen LogP contribution in [0.2, 0.25) is 0 Å². The maximum absolute atomic E-state index is 13.0. The van der Waals surface area contributed by atoms with Crippen LogP contribution in [-0.2, 0) is 12.0 Å². The summed E-state index contributed by atoms with van der Waals surface area (Å²) in [6.45, 7) is 3.40. The van der Waals surface area contributed by atoms with Gasteiger partial charge in [0.2, 0.25) is 0 Å². The molecule has 2 nitrogen and oxygen atoms in total. The number of benzene rings is 1. The highest BCUT2D eigenvalue weighted by atomic mass is 19.1. The highest BCUT2D eigenvalue weighted by molar-refractivity contribution is 5.30. The van der Waals surface area contributed by atoms with Gasteiger partial charge in [0.15, 0.2) is 0 Å². The Morgan fingerprint density at radius 3 is 2.43 bits per heavy atom. The summed E-state index contributed by atoms with van der Waals surface area (Å²) in [6.07, 6.45) is 0. The summed E-state index contributed by atoms with van der Waals surface area (Å²) in [4.78, 5) is 0. The monoisotopic (exact) mass is 198 g/mol. The molecule has 0 heterocycles. The number of hydrogen-bond donors (Lipinski definition) is 2. The van der Waals surface area contributed by atoms with Crippen LogP contribution in [-0.4, -0.2) is 16.8 Å². The quantitative estimate of drug-likeness (QED) is 0.774. The summed E-state index contributed by atoms with van der Waals surface area (Å²) in [5.74, 6) is -0.412. The van der Waals surface area contributed by atoms with Crippen LogP contribution in [0.1, 0.15) is 25.0 Å². The van der Waals surface area contributed by atoms with Crippen molar-refractivity contribution in [3.05, 3.63) is 35.1 Å². The fraction of sp³-hybridized carbons (Fsp3) is 0.455. The normalized spacial score (nSPS) is 11.8. The Hall–Kier alpha value is -0.930. The minimum atomic E-state index is -0.412. The Morgan fingerprint density at radius 1 is 1.29 bits per heavy atom. The zero-order chi connectivity index (χ0) is 10.8. The molecule has 0 amide bonds. The van der Waals surface area contributed by atoms with Gasteiger partial charge in [-0.3, -0.25) is 0 Å². The summed E-state index contributed by atoms with van der Waals surface area (Å²) >= 11 is 0. The molecular weight excluding hydrogens is 183 g/mol. The largest absolute Gasteiger partial charge is 0.395 e. The maximum atomic E-state index is 13.0. The smallest absolute Gasteiger partial charge is 0.128 e. The third-order valence-corrected chi connectivity index (χ3v) is 2.39. The van der Waals surface area contributed by atoms with Gasteiger partial charge in [-0.05, 0) is 17.7 Å². The summed E-state index contributed by atoms with van der Waals surface area (Å²) in [7, 11) is 0. The Balaban J connectivity index is 3.12. The van der Waals surface area contributed by atoms with Crippen molar-refractivity contribution in [2.24, 2.45) is 0 Å². The molecule has 0 atom stereocenters. The van der Waals surface area contributed by atoms with Gasteiger partial charge in [0.1, 0.15) is 5.82 Å². The second kappa shape index (κ2) is 4.07.